The fourth-order valence-corrected chi connectivity index (χ4v) is 2.85. The van der Waals surface area contributed by atoms with Crippen LogP contribution >= 0.6 is 23.2 Å². The lowest BCUT2D eigenvalue weighted by atomic mass is 10.1. The molecule has 1 amide bonds. The van der Waals surface area contributed by atoms with Crippen LogP contribution in [0.25, 0.3) is 11.0 Å². The molecule has 2 N–H and O–H groups in total. The largest absolute Gasteiger partial charge is 0.346 e. The van der Waals surface area contributed by atoms with E-state index < -0.39 is 0 Å². The van der Waals surface area contributed by atoms with E-state index in [4.69, 9.17) is 23.2 Å². The molecule has 2 aromatic carbocycles. The quantitative estimate of drug-likeness (QED) is 0.739. The van der Waals surface area contributed by atoms with Crippen LogP contribution in [0.3, 0.4) is 0 Å². The van der Waals surface area contributed by atoms with Crippen molar-refractivity contribution in [2.75, 3.05) is 0 Å². The molecule has 0 aliphatic carbocycles. The summed E-state index contributed by atoms with van der Waals surface area (Å²) in [5.41, 5.74) is 2.57. The Hall–Kier alpha value is -2.04. The van der Waals surface area contributed by atoms with Gasteiger partial charge in [0.05, 0.1) is 23.5 Å². The molecule has 3 aromatic rings. The van der Waals surface area contributed by atoms with Crippen molar-refractivity contribution >= 4 is 40.1 Å². The summed E-state index contributed by atoms with van der Waals surface area (Å²) >= 11 is 12.0. The van der Waals surface area contributed by atoms with E-state index in [0.29, 0.717) is 10.0 Å². The lowest BCUT2D eigenvalue weighted by molar-refractivity contribution is -0.121. The molecule has 0 aliphatic rings. The van der Waals surface area contributed by atoms with E-state index in [2.05, 4.69) is 15.3 Å². The minimum atomic E-state index is -0.221. The SMILES string of the molecule is C[C@@H](NC(=O)Cc1ccc(Cl)cc1Cl)c1nc2ccccc2[nH]1. The maximum atomic E-state index is 12.2. The highest BCUT2D eigenvalue weighted by Crippen LogP contribution is 2.22. The summed E-state index contributed by atoms with van der Waals surface area (Å²) in [5.74, 6) is 0.601. The number of hydrogen-bond acceptors (Lipinski definition) is 2. The molecule has 0 fully saturated rings. The molecule has 1 heterocycles. The summed E-state index contributed by atoms with van der Waals surface area (Å²) in [7, 11) is 0. The molecule has 0 spiro atoms. The second kappa shape index (κ2) is 6.60. The van der Waals surface area contributed by atoms with E-state index >= 15 is 0 Å². The number of H-pyrrole nitrogens is 1. The van der Waals surface area contributed by atoms with Crippen LogP contribution in [-0.4, -0.2) is 15.9 Å². The minimum Gasteiger partial charge on any atom is -0.346 e. The molecule has 118 valence electrons. The van der Waals surface area contributed by atoms with Crippen LogP contribution in [0.5, 0.6) is 0 Å². The molecule has 23 heavy (non-hydrogen) atoms. The van der Waals surface area contributed by atoms with Gasteiger partial charge in [0.25, 0.3) is 0 Å². The number of aromatic nitrogens is 2. The zero-order chi connectivity index (χ0) is 16.4. The van der Waals surface area contributed by atoms with Gasteiger partial charge >= 0.3 is 0 Å². The van der Waals surface area contributed by atoms with Gasteiger partial charge in [-0.2, -0.15) is 0 Å². The topological polar surface area (TPSA) is 57.8 Å². The van der Waals surface area contributed by atoms with Gasteiger partial charge in [-0.15, -0.1) is 0 Å². The van der Waals surface area contributed by atoms with Crippen LogP contribution in [0.1, 0.15) is 24.4 Å². The fourth-order valence-electron chi connectivity index (χ4n) is 2.38. The summed E-state index contributed by atoms with van der Waals surface area (Å²) in [5, 5.41) is 3.96. The van der Waals surface area contributed by atoms with Crippen molar-refractivity contribution in [1.82, 2.24) is 15.3 Å². The zero-order valence-electron chi connectivity index (χ0n) is 12.4. The molecule has 4 nitrogen and oxygen atoms in total. The van der Waals surface area contributed by atoms with E-state index in [0.717, 1.165) is 22.4 Å². The van der Waals surface area contributed by atoms with Crippen LogP contribution in [-0.2, 0) is 11.2 Å². The molecule has 0 bridgehead atoms. The van der Waals surface area contributed by atoms with Gasteiger partial charge in [-0.1, -0.05) is 41.4 Å². The van der Waals surface area contributed by atoms with Crippen LogP contribution < -0.4 is 5.32 Å². The third kappa shape index (κ3) is 3.66. The first-order valence-electron chi connectivity index (χ1n) is 7.21. The van der Waals surface area contributed by atoms with Gasteiger partial charge in [0.2, 0.25) is 5.91 Å². The van der Waals surface area contributed by atoms with E-state index in [1.165, 1.54) is 0 Å². The molecule has 6 heteroatoms. The van der Waals surface area contributed by atoms with E-state index in [9.17, 15) is 4.79 Å². The predicted octanol–water partition coefficient (Wildman–Crippen LogP) is 4.29. The third-order valence-corrected chi connectivity index (χ3v) is 4.15. The number of carbonyl (C=O) groups excluding carboxylic acids is 1. The van der Waals surface area contributed by atoms with Crippen molar-refractivity contribution in [2.24, 2.45) is 0 Å². The number of nitrogens with zero attached hydrogens (tertiary/aromatic N) is 1. The Morgan fingerprint density at radius 3 is 2.78 bits per heavy atom. The number of fused-ring (bicyclic) bond motifs is 1. The predicted molar refractivity (Wildman–Crippen MR) is 92.8 cm³/mol. The van der Waals surface area contributed by atoms with Crippen molar-refractivity contribution in [3.8, 4) is 0 Å². The second-order valence-electron chi connectivity index (χ2n) is 5.34. The molecule has 1 aromatic heterocycles. The fraction of sp³-hybridized carbons (Fsp3) is 0.176. The molecule has 1 atom stereocenters. The second-order valence-corrected chi connectivity index (χ2v) is 6.18. The summed E-state index contributed by atoms with van der Waals surface area (Å²) in [6, 6.07) is 12.6. The average Bonchev–Trinajstić information content (AvgIpc) is 2.94. The molecule has 0 aliphatic heterocycles. The molecule has 0 saturated heterocycles. The summed E-state index contributed by atoms with van der Waals surface area (Å²) in [4.78, 5) is 19.9. The number of imidazole rings is 1. The first-order chi connectivity index (χ1) is 11.0. The number of benzene rings is 2. The number of amides is 1. The average molecular weight is 348 g/mol. The highest BCUT2D eigenvalue weighted by Gasteiger charge is 2.15. The number of para-hydroxylation sites is 2. The van der Waals surface area contributed by atoms with Crippen molar-refractivity contribution in [2.45, 2.75) is 19.4 Å². The molecule has 0 saturated carbocycles. The number of halogens is 2. The minimum absolute atomic E-state index is 0.123. The van der Waals surface area contributed by atoms with Gasteiger partial charge in [-0.25, -0.2) is 4.98 Å². The third-order valence-electron chi connectivity index (χ3n) is 3.56. The Labute approximate surface area is 143 Å². The standard InChI is InChI=1S/C17H15Cl2N3O/c1-10(17-21-14-4-2-3-5-15(14)22-17)20-16(23)8-11-6-7-12(18)9-13(11)19/h2-7,9-10H,8H2,1H3,(H,20,23)(H,21,22)/t10-/m1/s1. The first kappa shape index (κ1) is 15.8. The molecule has 3 rings (SSSR count). The lowest BCUT2D eigenvalue weighted by Gasteiger charge is -2.12. The number of aromatic amines is 1. The van der Waals surface area contributed by atoms with Gasteiger partial charge in [0.1, 0.15) is 5.82 Å². The molecule has 0 radical (unpaired) electrons. The highest BCUT2D eigenvalue weighted by atomic mass is 35.5. The Kier molecular flexibility index (Phi) is 4.55. The van der Waals surface area contributed by atoms with E-state index in [1.807, 2.05) is 31.2 Å². The van der Waals surface area contributed by atoms with Crippen LogP contribution in [0, 0.1) is 0 Å². The number of nitrogens with one attached hydrogen (secondary N) is 2. The zero-order valence-corrected chi connectivity index (χ0v) is 13.9. The van der Waals surface area contributed by atoms with Crippen LogP contribution in [0.2, 0.25) is 10.0 Å². The first-order valence-corrected chi connectivity index (χ1v) is 7.96. The van der Waals surface area contributed by atoms with Crippen molar-refractivity contribution < 1.29 is 4.79 Å². The van der Waals surface area contributed by atoms with Gasteiger partial charge in [0.15, 0.2) is 0 Å². The summed E-state index contributed by atoms with van der Waals surface area (Å²) < 4.78 is 0. The lowest BCUT2D eigenvalue weighted by Crippen LogP contribution is -2.28. The molecular formula is C17H15Cl2N3O. The van der Waals surface area contributed by atoms with Crippen molar-refractivity contribution in [3.63, 3.8) is 0 Å². The van der Waals surface area contributed by atoms with Crippen LogP contribution in [0.4, 0.5) is 0 Å². The Morgan fingerprint density at radius 1 is 1.26 bits per heavy atom. The van der Waals surface area contributed by atoms with Gasteiger partial charge in [-0.3, -0.25) is 4.79 Å². The molecular weight excluding hydrogens is 333 g/mol. The summed E-state index contributed by atoms with van der Waals surface area (Å²) in [6.45, 7) is 1.89. The van der Waals surface area contributed by atoms with E-state index in [-0.39, 0.29) is 18.4 Å². The van der Waals surface area contributed by atoms with E-state index in [1.54, 1.807) is 18.2 Å². The maximum absolute atomic E-state index is 12.2. The smallest absolute Gasteiger partial charge is 0.225 e. The van der Waals surface area contributed by atoms with Crippen molar-refractivity contribution in [1.29, 1.82) is 0 Å². The van der Waals surface area contributed by atoms with Crippen molar-refractivity contribution in [3.05, 3.63) is 63.9 Å². The number of carbonyl (C=O) groups is 1. The van der Waals surface area contributed by atoms with Gasteiger partial charge in [-0.05, 0) is 36.8 Å². The highest BCUT2D eigenvalue weighted by molar-refractivity contribution is 6.35. The Bertz CT molecular complexity index is 827. The number of hydrogen-bond donors (Lipinski definition) is 2. The summed E-state index contributed by atoms with van der Waals surface area (Å²) in [6.07, 6.45) is 0.195. The number of rotatable bonds is 4. The van der Waals surface area contributed by atoms with Crippen LogP contribution in [0.15, 0.2) is 42.5 Å². The monoisotopic (exact) mass is 347 g/mol. The Balaban J connectivity index is 1.69. The normalized spacial score (nSPS) is 12.3. The molecule has 0 unspecified atom stereocenters. The van der Waals surface area contributed by atoms with Gasteiger partial charge in [0, 0.05) is 10.0 Å². The Morgan fingerprint density at radius 2 is 2.04 bits per heavy atom. The maximum Gasteiger partial charge on any atom is 0.225 e. The van der Waals surface area contributed by atoms with Gasteiger partial charge < -0.3 is 10.3 Å².